The molecule has 0 aliphatic rings. The second-order valence-electron chi connectivity index (χ2n) is 3.27. The van der Waals surface area contributed by atoms with Gasteiger partial charge in [0.25, 0.3) is 0 Å². The van der Waals surface area contributed by atoms with Crippen LogP contribution in [0.4, 0.5) is 0 Å². The maximum absolute atomic E-state index is 11.1. The Morgan fingerprint density at radius 1 is 1.15 bits per heavy atom. The van der Waals surface area contributed by atoms with Crippen LogP contribution in [0.1, 0.15) is 13.8 Å². The van der Waals surface area contributed by atoms with E-state index in [1.165, 1.54) is 13.8 Å². The molecule has 8 heteroatoms. The van der Waals surface area contributed by atoms with Gasteiger partial charge < -0.3 is 19.8 Å². The normalized spacial score (nSPS) is 22.5. The molecule has 2 atom stereocenters. The van der Waals surface area contributed by atoms with Gasteiger partial charge in [-0.3, -0.25) is 9.13 Å². The molecule has 13 heavy (non-hydrogen) atoms. The molecule has 0 heterocycles. The molecule has 0 spiro atoms. The van der Waals surface area contributed by atoms with E-state index in [9.17, 15) is 14.2 Å². The van der Waals surface area contributed by atoms with E-state index >= 15 is 0 Å². The molecule has 80 valence electrons. The lowest BCUT2D eigenvalue weighted by Gasteiger charge is -2.34. The summed E-state index contributed by atoms with van der Waals surface area (Å²) in [6, 6.07) is 0. The number of aliphatic hydroxyl groups is 1. The molecule has 0 saturated carbocycles. The third kappa shape index (κ3) is 2.21. The molecule has 0 aromatic heterocycles. The largest absolute Gasteiger partial charge is 0.369 e. The second kappa shape index (κ2) is 3.46. The fourth-order valence-electron chi connectivity index (χ4n) is 1.06. The van der Waals surface area contributed by atoms with E-state index in [1.54, 1.807) is 0 Å². The van der Waals surface area contributed by atoms with Crippen molar-refractivity contribution in [1.29, 1.82) is 0 Å². The Bertz CT molecular complexity index is 251. The van der Waals surface area contributed by atoms with E-state index in [4.69, 9.17) is 14.7 Å². The molecule has 0 radical (unpaired) electrons. The van der Waals surface area contributed by atoms with Crippen molar-refractivity contribution in [3.8, 4) is 0 Å². The maximum atomic E-state index is 11.1. The van der Waals surface area contributed by atoms with E-state index in [-0.39, 0.29) is 0 Å². The van der Waals surface area contributed by atoms with Gasteiger partial charge >= 0.3 is 7.60 Å². The van der Waals surface area contributed by atoms with Crippen LogP contribution in [0.3, 0.4) is 0 Å². The van der Waals surface area contributed by atoms with E-state index in [1.807, 2.05) is 0 Å². The summed E-state index contributed by atoms with van der Waals surface area (Å²) >= 11 is 0. The minimum atomic E-state index is -5.02. The van der Waals surface area contributed by atoms with Crippen LogP contribution in [-0.2, 0) is 9.13 Å². The predicted octanol–water partition coefficient (Wildman–Crippen LogP) is 0.366. The van der Waals surface area contributed by atoms with Crippen LogP contribution >= 0.6 is 15.0 Å². The van der Waals surface area contributed by atoms with Gasteiger partial charge in [0.2, 0.25) is 12.5 Å². The quantitative estimate of drug-likeness (QED) is 0.522. The van der Waals surface area contributed by atoms with Crippen LogP contribution in [0.25, 0.3) is 0 Å². The lowest BCUT2D eigenvalue weighted by Crippen LogP contribution is -2.34. The lowest BCUT2D eigenvalue weighted by atomic mass is 10.2. The highest BCUT2D eigenvalue weighted by Crippen LogP contribution is 2.70. The van der Waals surface area contributed by atoms with Gasteiger partial charge in [-0.15, -0.1) is 0 Å². The highest BCUT2D eigenvalue weighted by Gasteiger charge is 2.58. The summed E-state index contributed by atoms with van der Waals surface area (Å²) in [7, 11) is -9.30. The van der Waals surface area contributed by atoms with Crippen molar-refractivity contribution in [1.82, 2.24) is 0 Å². The van der Waals surface area contributed by atoms with Crippen molar-refractivity contribution in [2.24, 2.45) is 5.92 Å². The highest BCUT2D eigenvalue weighted by molar-refractivity contribution is 7.74. The number of hydrogen-bond acceptors (Lipinski definition) is 3. The molecule has 0 aliphatic heterocycles. The summed E-state index contributed by atoms with van der Waals surface area (Å²) in [6.45, 7) is 3.27. The van der Waals surface area contributed by atoms with E-state index in [0.29, 0.717) is 0 Å². The molecule has 0 saturated heterocycles. The monoisotopic (exact) mass is 232 g/mol. The van der Waals surface area contributed by atoms with Crippen molar-refractivity contribution in [3.05, 3.63) is 0 Å². The molecule has 0 aromatic carbocycles. The molecule has 0 aromatic rings. The van der Waals surface area contributed by atoms with Crippen molar-refractivity contribution >= 4 is 15.0 Å². The van der Waals surface area contributed by atoms with Gasteiger partial charge in [-0.25, -0.2) is 0 Å². The van der Waals surface area contributed by atoms with Crippen LogP contribution < -0.4 is 0 Å². The molecule has 4 N–H and O–H groups in total. The Morgan fingerprint density at radius 3 is 1.46 bits per heavy atom. The first-order valence-electron chi connectivity index (χ1n) is 3.53. The highest BCUT2D eigenvalue weighted by atomic mass is 31.2. The molecule has 0 amide bonds. The Balaban J connectivity index is 5.50. The summed E-state index contributed by atoms with van der Waals surface area (Å²) < 4.78 is 22.0. The summed E-state index contributed by atoms with van der Waals surface area (Å²) in [5.74, 6) is -1.01. The molecular formula is C5H14O6P2. The molecular weight excluding hydrogens is 218 g/mol. The minimum Gasteiger partial charge on any atom is -0.369 e. The van der Waals surface area contributed by atoms with Crippen LogP contribution in [0, 0.1) is 5.92 Å². The van der Waals surface area contributed by atoms with Gasteiger partial charge in [-0.05, 0) is 0 Å². The van der Waals surface area contributed by atoms with E-state index < -0.39 is 26.0 Å². The first-order valence-corrected chi connectivity index (χ1v) is 7.25. The van der Waals surface area contributed by atoms with Gasteiger partial charge in [-0.1, -0.05) is 13.8 Å². The molecule has 0 rings (SSSR count). The standard InChI is InChI=1S/C5H14O6P2/c1-4(2)5(6,12(3,7)8)13(9,10)11/h4,6H,1-3H3,(H,7,8)(H2,9,10,11). The zero-order valence-corrected chi connectivity index (χ0v) is 9.37. The zero-order valence-electron chi connectivity index (χ0n) is 7.58. The molecule has 0 aliphatic carbocycles. The van der Waals surface area contributed by atoms with Crippen LogP contribution in [-0.4, -0.2) is 31.5 Å². The fraction of sp³-hybridized carbons (Fsp3) is 1.00. The average molecular weight is 232 g/mol. The van der Waals surface area contributed by atoms with Gasteiger partial charge in [0, 0.05) is 12.6 Å². The lowest BCUT2D eigenvalue weighted by molar-refractivity contribution is 0.108. The van der Waals surface area contributed by atoms with Gasteiger partial charge in [0.05, 0.1) is 0 Å². The summed E-state index contributed by atoms with van der Waals surface area (Å²) in [5.41, 5.74) is 0. The molecule has 2 unspecified atom stereocenters. The third-order valence-corrected chi connectivity index (χ3v) is 6.82. The Labute approximate surface area is 76.2 Å². The van der Waals surface area contributed by atoms with Crippen LogP contribution in [0.15, 0.2) is 0 Å². The average Bonchev–Trinajstić information content (AvgIpc) is 1.80. The Hall–Kier alpha value is 0.300. The second-order valence-corrected chi connectivity index (χ2v) is 7.83. The summed E-state index contributed by atoms with van der Waals surface area (Å²) in [6.07, 6.45) is 0. The first kappa shape index (κ1) is 13.3. The van der Waals surface area contributed by atoms with Crippen molar-refractivity contribution in [2.75, 3.05) is 6.66 Å². The fourth-order valence-corrected chi connectivity index (χ4v) is 4.62. The van der Waals surface area contributed by atoms with E-state index in [0.717, 1.165) is 6.66 Å². The zero-order chi connectivity index (χ0) is 11.1. The van der Waals surface area contributed by atoms with Crippen LogP contribution in [0.2, 0.25) is 0 Å². The smallest absolute Gasteiger partial charge is 0.367 e. The predicted molar refractivity (Wildman–Crippen MR) is 47.6 cm³/mol. The van der Waals surface area contributed by atoms with Crippen molar-refractivity contribution in [2.45, 2.75) is 18.9 Å². The topological polar surface area (TPSA) is 115 Å². The third-order valence-electron chi connectivity index (χ3n) is 1.81. The Kier molecular flexibility index (Phi) is 3.54. The summed E-state index contributed by atoms with van der Waals surface area (Å²) in [5, 5.41) is 6.64. The Morgan fingerprint density at radius 2 is 1.46 bits per heavy atom. The van der Waals surface area contributed by atoms with Gasteiger partial charge in [0.15, 0.2) is 0 Å². The SMILES string of the molecule is CC(C)C(O)(P(C)(=O)O)P(=O)(O)O. The van der Waals surface area contributed by atoms with Gasteiger partial charge in [0.1, 0.15) is 0 Å². The first-order chi connectivity index (χ1) is 5.44. The van der Waals surface area contributed by atoms with E-state index in [2.05, 4.69) is 0 Å². The number of rotatable bonds is 3. The van der Waals surface area contributed by atoms with Crippen molar-refractivity contribution < 1.29 is 28.9 Å². The van der Waals surface area contributed by atoms with Crippen molar-refractivity contribution in [3.63, 3.8) is 0 Å². The summed E-state index contributed by atoms with van der Waals surface area (Å²) in [4.78, 5) is 26.6. The molecule has 0 fully saturated rings. The van der Waals surface area contributed by atoms with Gasteiger partial charge in [-0.2, -0.15) is 0 Å². The molecule has 0 bridgehead atoms. The maximum Gasteiger partial charge on any atom is 0.367 e. The van der Waals surface area contributed by atoms with Crippen LogP contribution in [0.5, 0.6) is 0 Å². The molecule has 6 nitrogen and oxygen atoms in total. The number of hydrogen-bond donors (Lipinski definition) is 4. The minimum absolute atomic E-state index is 0.728.